The van der Waals surface area contributed by atoms with Crippen LogP contribution in [0, 0.1) is 5.82 Å². The van der Waals surface area contributed by atoms with E-state index in [4.69, 9.17) is 0 Å². The molecular formula is C14H14FN3O2S. The van der Waals surface area contributed by atoms with Gasteiger partial charge in [0.25, 0.3) is 0 Å². The van der Waals surface area contributed by atoms with Crippen LogP contribution in [0.3, 0.4) is 0 Å². The minimum Gasteiger partial charge on any atom is -0.323 e. The van der Waals surface area contributed by atoms with Crippen molar-refractivity contribution in [3.63, 3.8) is 0 Å². The third-order valence-electron chi connectivity index (χ3n) is 3.35. The van der Waals surface area contributed by atoms with E-state index in [9.17, 15) is 14.0 Å². The number of rotatable bonds is 2. The second-order valence-corrected chi connectivity index (χ2v) is 6.01. The number of nitrogens with one attached hydrogen (secondary N) is 1. The number of aliphatic imine (C=N–C) groups is 1. The fourth-order valence-corrected chi connectivity index (χ4v) is 3.41. The lowest BCUT2D eigenvalue weighted by molar-refractivity contribution is -0.129. The number of thioether (sulfide) groups is 1. The Kier molecular flexibility index (Phi) is 3.92. The Balaban J connectivity index is 1.72. The van der Waals surface area contributed by atoms with Crippen LogP contribution in [0.5, 0.6) is 0 Å². The van der Waals surface area contributed by atoms with Crippen molar-refractivity contribution in [1.29, 1.82) is 0 Å². The van der Waals surface area contributed by atoms with Crippen molar-refractivity contribution < 1.29 is 14.0 Å². The van der Waals surface area contributed by atoms with Crippen molar-refractivity contribution in [2.24, 2.45) is 4.99 Å². The van der Waals surface area contributed by atoms with Gasteiger partial charge in [0.2, 0.25) is 11.8 Å². The molecule has 2 aliphatic heterocycles. The van der Waals surface area contributed by atoms with Crippen molar-refractivity contribution in [2.45, 2.75) is 18.1 Å². The Hall–Kier alpha value is -1.89. The number of amides is 2. The molecule has 110 valence electrons. The molecule has 0 bridgehead atoms. The SMILES string of the molecule is O=C(Nc1ccccc1F)[C@@H]1CC(=O)N2CCCN=C2S1. The van der Waals surface area contributed by atoms with Crippen LogP contribution in [-0.2, 0) is 9.59 Å². The van der Waals surface area contributed by atoms with E-state index in [0.29, 0.717) is 18.3 Å². The Morgan fingerprint density at radius 2 is 2.24 bits per heavy atom. The van der Waals surface area contributed by atoms with Crippen LogP contribution in [0.1, 0.15) is 12.8 Å². The zero-order valence-corrected chi connectivity index (χ0v) is 12.0. The molecule has 0 spiro atoms. The summed E-state index contributed by atoms with van der Waals surface area (Å²) in [5.74, 6) is -0.957. The summed E-state index contributed by atoms with van der Waals surface area (Å²) in [6.45, 7) is 1.33. The predicted octanol–water partition coefficient (Wildman–Crippen LogP) is 1.86. The summed E-state index contributed by atoms with van der Waals surface area (Å²) < 4.78 is 13.5. The standard InChI is InChI=1S/C14H14FN3O2S/c15-9-4-1-2-5-10(9)17-13(20)11-8-12(19)18-7-3-6-16-14(18)21-11/h1-2,4-5,11H,3,6-8H2,(H,17,20)/t11-/m0/s1. The second kappa shape index (κ2) is 5.85. The van der Waals surface area contributed by atoms with Crippen molar-refractivity contribution in [3.05, 3.63) is 30.1 Å². The molecule has 5 nitrogen and oxygen atoms in total. The van der Waals surface area contributed by atoms with Crippen LogP contribution in [0.15, 0.2) is 29.3 Å². The van der Waals surface area contributed by atoms with Crippen molar-refractivity contribution in [3.8, 4) is 0 Å². The molecule has 0 aliphatic carbocycles. The molecule has 1 atom stereocenters. The molecular weight excluding hydrogens is 293 g/mol. The first-order valence-electron chi connectivity index (χ1n) is 6.72. The van der Waals surface area contributed by atoms with Crippen LogP contribution in [-0.4, -0.2) is 40.2 Å². The number of amidine groups is 1. The van der Waals surface area contributed by atoms with Crippen LogP contribution >= 0.6 is 11.8 Å². The Bertz CT molecular complexity index is 620. The summed E-state index contributed by atoms with van der Waals surface area (Å²) in [7, 11) is 0. The van der Waals surface area contributed by atoms with Gasteiger partial charge in [-0.05, 0) is 18.6 Å². The Morgan fingerprint density at radius 3 is 3.05 bits per heavy atom. The molecule has 2 aliphatic rings. The third-order valence-corrected chi connectivity index (χ3v) is 4.58. The lowest BCUT2D eigenvalue weighted by Gasteiger charge is -2.33. The summed E-state index contributed by atoms with van der Waals surface area (Å²) in [4.78, 5) is 30.2. The lowest BCUT2D eigenvalue weighted by Crippen LogP contribution is -2.47. The van der Waals surface area contributed by atoms with Gasteiger partial charge in [0.1, 0.15) is 11.1 Å². The van der Waals surface area contributed by atoms with E-state index in [2.05, 4.69) is 10.3 Å². The van der Waals surface area contributed by atoms with Crippen LogP contribution in [0.25, 0.3) is 0 Å². The summed E-state index contributed by atoms with van der Waals surface area (Å²) >= 11 is 1.27. The van der Waals surface area contributed by atoms with Crippen molar-refractivity contribution in [2.75, 3.05) is 18.4 Å². The van der Waals surface area contributed by atoms with E-state index in [1.54, 1.807) is 17.0 Å². The zero-order valence-electron chi connectivity index (χ0n) is 11.2. The van der Waals surface area contributed by atoms with Crippen LogP contribution < -0.4 is 5.32 Å². The molecule has 1 N–H and O–H groups in total. The number of hydrogen-bond acceptors (Lipinski definition) is 4. The van der Waals surface area contributed by atoms with Crippen molar-refractivity contribution in [1.82, 2.24) is 4.90 Å². The highest BCUT2D eigenvalue weighted by Gasteiger charge is 2.36. The molecule has 0 saturated carbocycles. The smallest absolute Gasteiger partial charge is 0.238 e. The average Bonchev–Trinajstić information content (AvgIpc) is 2.49. The van der Waals surface area contributed by atoms with Gasteiger partial charge in [0.15, 0.2) is 5.17 Å². The first-order chi connectivity index (χ1) is 10.1. The maximum absolute atomic E-state index is 13.5. The summed E-state index contributed by atoms with van der Waals surface area (Å²) in [5.41, 5.74) is 0.128. The number of fused-ring (bicyclic) bond motifs is 1. The quantitative estimate of drug-likeness (QED) is 0.907. The van der Waals surface area contributed by atoms with E-state index in [1.165, 1.54) is 23.9 Å². The largest absolute Gasteiger partial charge is 0.323 e. The van der Waals surface area contributed by atoms with Gasteiger partial charge in [-0.2, -0.15) is 0 Å². The number of hydrogen-bond donors (Lipinski definition) is 1. The van der Waals surface area contributed by atoms with Gasteiger partial charge in [-0.1, -0.05) is 23.9 Å². The molecule has 1 saturated heterocycles. The highest BCUT2D eigenvalue weighted by Crippen LogP contribution is 2.29. The lowest BCUT2D eigenvalue weighted by atomic mass is 10.2. The number of nitrogens with zero attached hydrogens (tertiary/aromatic N) is 2. The van der Waals surface area contributed by atoms with E-state index in [-0.39, 0.29) is 23.9 Å². The molecule has 3 rings (SSSR count). The summed E-state index contributed by atoms with van der Waals surface area (Å²) in [6, 6.07) is 5.97. The molecule has 2 amide bonds. The normalized spacial score (nSPS) is 21.6. The minimum absolute atomic E-state index is 0.0964. The van der Waals surface area contributed by atoms with Gasteiger partial charge >= 0.3 is 0 Å². The van der Waals surface area contributed by atoms with E-state index >= 15 is 0 Å². The van der Waals surface area contributed by atoms with Crippen LogP contribution in [0.4, 0.5) is 10.1 Å². The van der Waals surface area contributed by atoms with Gasteiger partial charge in [0.05, 0.1) is 5.69 Å². The van der Waals surface area contributed by atoms with Gasteiger partial charge in [-0.15, -0.1) is 0 Å². The molecule has 1 aromatic rings. The molecule has 0 radical (unpaired) electrons. The maximum Gasteiger partial charge on any atom is 0.238 e. The monoisotopic (exact) mass is 307 g/mol. The second-order valence-electron chi connectivity index (χ2n) is 4.84. The fraction of sp³-hybridized carbons (Fsp3) is 0.357. The van der Waals surface area contributed by atoms with Gasteiger partial charge < -0.3 is 5.32 Å². The topological polar surface area (TPSA) is 61.8 Å². The highest BCUT2D eigenvalue weighted by molar-refractivity contribution is 8.15. The fourth-order valence-electron chi connectivity index (χ4n) is 2.28. The molecule has 1 fully saturated rings. The van der Waals surface area contributed by atoms with Crippen molar-refractivity contribution >= 4 is 34.4 Å². The van der Waals surface area contributed by atoms with Gasteiger partial charge in [-0.3, -0.25) is 19.5 Å². The van der Waals surface area contributed by atoms with Gasteiger partial charge in [0, 0.05) is 19.5 Å². The Morgan fingerprint density at radius 1 is 1.43 bits per heavy atom. The van der Waals surface area contributed by atoms with E-state index in [1.807, 2.05) is 0 Å². The third kappa shape index (κ3) is 2.92. The van der Waals surface area contributed by atoms with Gasteiger partial charge in [-0.25, -0.2) is 4.39 Å². The first kappa shape index (κ1) is 14.1. The molecule has 0 unspecified atom stereocenters. The molecule has 1 aromatic carbocycles. The van der Waals surface area contributed by atoms with E-state index < -0.39 is 11.1 Å². The number of halogens is 1. The number of benzene rings is 1. The number of carbonyl (C=O) groups excluding carboxylic acids is 2. The molecule has 21 heavy (non-hydrogen) atoms. The van der Waals surface area contributed by atoms with Crippen LogP contribution in [0.2, 0.25) is 0 Å². The average molecular weight is 307 g/mol. The maximum atomic E-state index is 13.5. The first-order valence-corrected chi connectivity index (χ1v) is 7.60. The Labute approximate surface area is 125 Å². The molecule has 0 aromatic heterocycles. The number of carbonyl (C=O) groups is 2. The summed E-state index contributed by atoms with van der Waals surface area (Å²) in [6.07, 6.45) is 0.964. The van der Waals surface area contributed by atoms with E-state index in [0.717, 1.165) is 6.42 Å². The molecule has 7 heteroatoms. The number of anilines is 1. The number of para-hydroxylation sites is 1. The minimum atomic E-state index is -0.565. The zero-order chi connectivity index (χ0) is 14.8. The highest BCUT2D eigenvalue weighted by atomic mass is 32.2. The predicted molar refractivity (Wildman–Crippen MR) is 79.7 cm³/mol. The molecule has 2 heterocycles. The summed E-state index contributed by atoms with van der Waals surface area (Å²) in [5, 5.41) is 2.57.